The van der Waals surface area contributed by atoms with Gasteiger partial charge in [0.15, 0.2) is 0 Å². The normalized spacial score (nSPS) is 10.3. The number of hydrogen-bond acceptors (Lipinski definition) is 2. The first kappa shape index (κ1) is 13.1. The van der Waals surface area contributed by atoms with E-state index in [1.807, 2.05) is 0 Å². The Morgan fingerprint density at radius 2 is 1.74 bits per heavy atom. The third kappa shape index (κ3) is 2.59. The van der Waals surface area contributed by atoms with Crippen LogP contribution in [-0.2, 0) is 11.4 Å². The lowest BCUT2D eigenvalue weighted by Crippen LogP contribution is -2.02. The van der Waals surface area contributed by atoms with E-state index in [2.05, 4.69) is 16.7 Å². The Kier molecular flexibility index (Phi) is 3.85. The highest BCUT2D eigenvalue weighted by Gasteiger charge is 2.20. The first-order chi connectivity index (χ1) is 9.15. The van der Waals surface area contributed by atoms with Crippen LogP contribution in [-0.4, -0.2) is 6.72 Å². The molecule has 0 bridgehead atoms. The molecule has 0 amide bonds. The van der Waals surface area contributed by atoms with Crippen molar-refractivity contribution in [1.29, 1.82) is 0 Å². The SMILES string of the molecule is C=NOCc1c(F)cc(F)c(-c2ccccc2)c1F. The van der Waals surface area contributed by atoms with Crippen molar-refractivity contribution in [3.8, 4) is 11.1 Å². The summed E-state index contributed by atoms with van der Waals surface area (Å²) in [5.74, 6) is -2.97. The maximum Gasteiger partial charge on any atom is 0.147 e. The van der Waals surface area contributed by atoms with Crippen molar-refractivity contribution in [2.24, 2.45) is 5.16 Å². The predicted octanol–water partition coefficient (Wildman–Crippen LogP) is 3.90. The largest absolute Gasteiger partial charge is 0.391 e. The first-order valence-corrected chi connectivity index (χ1v) is 5.45. The van der Waals surface area contributed by atoms with Crippen LogP contribution in [0.3, 0.4) is 0 Å². The second-order valence-corrected chi connectivity index (χ2v) is 3.78. The van der Waals surface area contributed by atoms with Gasteiger partial charge in [0, 0.05) is 12.8 Å². The average molecular weight is 265 g/mol. The van der Waals surface area contributed by atoms with E-state index in [1.165, 1.54) is 12.1 Å². The second-order valence-electron chi connectivity index (χ2n) is 3.78. The van der Waals surface area contributed by atoms with Gasteiger partial charge in [0.05, 0.1) is 11.1 Å². The lowest BCUT2D eigenvalue weighted by molar-refractivity contribution is 0.127. The summed E-state index contributed by atoms with van der Waals surface area (Å²) >= 11 is 0. The Labute approximate surface area is 108 Å². The van der Waals surface area contributed by atoms with Gasteiger partial charge in [-0.1, -0.05) is 30.3 Å². The molecule has 98 valence electrons. The molecule has 2 rings (SSSR count). The molecule has 0 saturated heterocycles. The van der Waals surface area contributed by atoms with E-state index in [9.17, 15) is 13.2 Å². The molecule has 5 heteroatoms. The van der Waals surface area contributed by atoms with Crippen LogP contribution >= 0.6 is 0 Å². The number of hydrogen-bond donors (Lipinski definition) is 0. The number of oxime groups is 1. The summed E-state index contributed by atoms with van der Waals surface area (Å²) in [7, 11) is 0. The Morgan fingerprint density at radius 3 is 2.37 bits per heavy atom. The molecule has 0 heterocycles. The van der Waals surface area contributed by atoms with Gasteiger partial charge in [-0.05, 0) is 5.56 Å². The lowest BCUT2D eigenvalue weighted by atomic mass is 10.0. The zero-order chi connectivity index (χ0) is 13.8. The van der Waals surface area contributed by atoms with E-state index >= 15 is 0 Å². The number of rotatable bonds is 4. The van der Waals surface area contributed by atoms with Crippen LogP contribution in [0.2, 0.25) is 0 Å². The Balaban J connectivity index is 2.58. The molecular weight excluding hydrogens is 255 g/mol. The van der Waals surface area contributed by atoms with Gasteiger partial charge in [0.1, 0.15) is 24.1 Å². The van der Waals surface area contributed by atoms with Crippen LogP contribution in [0.15, 0.2) is 41.6 Å². The third-order valence-electron chi connectivity index (χ3n) is 2.63. The van der Waals surface area contributed by atoms with E-state index in [4.69, 9.17) is 0 Å². The molecule has 2 aromatic rings. The Morgan fingerprint density at radius 1 is 1.05 bits per heavy atom. The van der Waals surface area contributed by atoms with Gasteiger partial charge in [0.25, 0.3) is 0 Å². The van der Waals surface area contributed by atoms with Crippen molar-refractivity contribution in [3.63, 3.8) is 0 Å². The smallest absolute Gasteiger partial charge is 0.147 e. The van der Waals surface area contributed by atoms with E-state index in [-0.39, 0.29) is 11.1 Å². The molecule has 19 heavy (non-hydrogen) atoms. The van der Waals surface area contributed by atoms with Gasteiger partial charge in [0.2, 0.25) is 0 Å². The Hall–Kier alpha value is -2.30. The van der Waals surface area contributed by atoms with Crippen LogP contribution in [0, 0.1) is 17.5 Å². The molecule has 0 radical (unpaired) electrons. The van der Waals surface area contributed by atoms with E-state index < -0.39 is 24.1 Å². The fraction of sp³-hybridized carbons (Fsp3) is 0.0714. The number of halogens is 3. The summed E-state index contributed by atoms with van der Waals surface area (Å²) in [6.07, 6.45) is 0. The molecule has 0 aliphatic carbocycles. The maximum atomic E-state index is 14.2. The quantitative estimate of drug-likeness (QED) is 0.606. The van der Waals surface area contributed by atoms with E-state index in [1.54, 1.807) is 18.2 Å². The van der Waals surface area contributed by atoms with Crippen molar-refractivity contribution in [1.82, 2.24) is 0 Å². The van der Waals surface area contributed by atoms with Crippen molar-refractivity contribution in [2.45, 2.75) is 6.61 Å². The molecule has 2 aromatic carbocycles. The molecule has 0 unspecified atom stereocenters. The van der Waals surface area contributed by atoms with E-state index in [0.29, 0.717) is 11.6 Å². The topological polar surface area (TPSA) is 21.6 Å². The average Bonchev–Trinajstić information content (AvgIpc) is 2.39. The maximum absolute atomic E-state index is 14.2. The number of benzene rings is 2. The van der Waals surface area contributed by atoms with Gasteiger partial charge < -0.3 is 4.84 Å². The summed E-state index contributed by atoms with van der Waals surface area (Å²) in [4.78, 5) is 4.52. The minimum Gasteiger partial charge on any atom is -0.391 e. The fourth-order valence-electron chi connectivity index (χ4n) is 1.74. The molecule has 0 spiro atoms. The minimum atomic E-state index is -1.02. The highest BCUT2D eigenvalue weighted by Crippen LogP contribution is 2.30. The monoisotopic (exact) mass is 265 g/mol. The highest BCUT2D eigenvalue weighted by molar-refractivity contribution is 5.65. The van der Waals surface area contributed by atoms with Gasteiger partial charge >= 0.3 is 0 Å². The van der Waals surface area contributed by atoms with Crippen LogP contribution in [0.25, 0.3) is 11.1 Å². The van der Waals surface area contributed by atoms with Gasteiger partial charge in [-0.3, -0.25) is 0 Å². The highest BCUT2D eigenvalue weighted by atomic mass is 19.1. The standard InChI is InChI=1S/C14H10F3NO/c1-18-19-8-10-11(15)7-12(16)13(14(10)17)9-5-3-2-4-6-9/h2-7H,1,8H2. The van der Waals surface area contributed by atoms with Crippen molar-refractivity contribution in [3.05, 3.63) is 59.4 Å². The second kappa shape index (κ2) is 5.56. The summed E-state index contributed by atoms with van der Waals surface area (Å²) < 4.78 is 41.4. The van der Waals surface area contributed by atoms with Gasteiger partial charge in [-0.25, -0.2) is 13.2 Å². The van der Waals surface area contributed by atoms with Crippen molar-refractivity contribution in [2.75, 3.05) is 0 Å². The first-order valence-electron chi connectivity index (χ1n) is 5.45. The molecule has 0 fully saturated rings. The lowest BCUT2D eigenvalue weighted by Gasteiger charge is -2.10. The van der Waals surface area contributed by atoms with Crippen molar-refractivity contribution >= 4 is 6.72 Å². The molecule has 0 saturated carbocycles. The van der Waals surface area contributed by atoms with Gasteiger partial charge in [-0.15, -0.1) is 5.16 Å². The molecule has 0 aliphatic heterocycles. The van der Waals surface area contributed by atoms with Crippen LogP contribution in [0.4, 0.5) is 13.2 Å². The zero-order valence-electron chi connectivity index (χ0n) is 9.87. The summed E-state index contributed by atoms with van der Waals surface area (Å²) in [6, 6.07) is 8.70. The van der Waals surface area contributed by atoms with Crippen LogP contribution in [0.1, 0.15) is 5.56 Å². The molecule has 0 aliphatic rings. The Bertz CT molecular complexity index is 599. The molecule has 0 aromatic heterocycles. The van der Waals surface area contributed by atoms with E-state index in [0.717, 1.165) is 0 Å². The number of nitrogens with zero attached hydrogens (tertiary/aromatic N) is 1. The summed E-state index contributed by atoms with van der Waals surface area (Å²) in [6.45, 7) is 2.60. The van der Waals surface area contributed by atoms with Crippen LogP contribution in [0.5, 0.6) is 0 Å². The predicted molar refractivity (Wildman–Crippen MR) is 66.1 cm³/mol. The molecule has 0 atom stereocenters. The minimum absolute atomic E-state index is 0.287. The molecule has 0 N–H and O–H groups in total. The summed E-state index contributed by atoms with van der Waals surface area (Å²) in [5, 5.41) is 3.06. The fourth-order valence-corrected chi connectivity index (χ4v) is 1.74. The van der Waals surface area contributed by atoms with Crippen LogP contribution < -0.4 is 0 Å². The van der Waals surface area contributed by atoms with Gasteiger partial charge in [-0.2, -0.15) is 0 Å². The molecule has 2 nitrogen and oxygen atoms in total. The molecular formula is C14H10F3NO. The zero-order valence-corrected chi connectivity index (χ0v) is 9.87. The summed E-state index contributed by atoms with van der Waals surface area (Å²) in [5.41, 5.74) is -0.345. The third-order valence-corrected chi connectivity index (χ3v) is 2.63. The van der Waals surface area contributed by atoms with Crippen molar-refractivity contribution < 1.29 is 18.0 Å².